The van der Waals surface area contributed by atoms with Crippen molar-refractivity contribution in [3.05, 3.63) is 57.7 Å². The third-order valence-corrected chi connectivity index (χ3v) is 5.22. The minimum atomic E-state index is -0.825. The second-order valence-corrected chi connectivity index (χ2v) is 6.63. The molecule has 4 heterocycles. The number of hydrogen-bond acceptors (Lipinski definition) is 4. The number of nitrogens with zero attached hydrogens (tertiary/aromatic N) is 3. The third kappa shape index (κ3) is 2.30. The first-order valence-corrected chi connectivity index (χ1v) is 8.00. The number of rotatable bonds is 3. The maximum atomic E-state index is 11.1. The van der Waals surface area contributed by atoms with E-state index in [1.165, 1.54) is 27.5 Å². The van der Waals surface area contributed by atoms with Gasteiger partial charge in [0.15, 0.2) is 0 Å². The number of aromatic nitrogens is 2. The molecule has 0 bridgehead atoms. The topological polar surface area (TPSA) is 57.8 Å². The maximum absolute atomic E-state index is 11.1. The fourth-order valence-corrected chi connectivity index (χ4v) is 4.07. The standard InChI is InChI=1S/C16H15N3O2S/c20-16(21)13-8-11-4-6-18(10-14(11)22-13)9-12-2-1-3-15-17-5-7-19(12)15/h1-3,5,7-8H,4,6,9-10H2,(H,20,21). The molecule has 1 N–H and O–H groups in total. The molecule has 3 aromatic rings. The first-order chi connectivity index (χ1) is 10.7. The van der Waals surface area contributed by atoms with Crippen LogP contribution in [0.2, 0.25) is 0 Å². The summed E-state index contributed by atoms with van der Waals surface area (Å²) in [4.78, 5) is 19.4. The average Bonchev–Trinajstić information content (AvgIpc) is 3.13. The minimum Gasteiger partial charge on any atom is -0.477 e. The quantitative estimate of drug-likeness (QED) is 0.807. The fourth-order valence-electron chi connectivity index (χ4n) is 2.98. The fraction of sp³-hybridized carbons (Fsp3) is 0.250. The number of carboxylic acid groups (broad SMARTS) is 1. The molecule has 6 heteroatoms. The van der Waals surface area contributed by atoms with Crippen molar-refractivity contribution in [1.29, 1.82) is 0 Å². The van der Waals surface area contributed by atoms with Crippen LogP contribution in [0.1, 0.15) is 25.8 Å². The summed E-state index contributed by atoms with van der Waals surface area (Å²) in [5.74, 6) is -0.825. The summed E-state index contributed by atoms with van der Waals surface area (Å²) in [6.07, 6.45) is 4.71. The minimum absolute atomic E-state index is 0.448. The van der Waals surface area contributed by atoms with Crippen LogP contribution in [0.15, 0.2) is 36.7 Å². The molecule has 22 heavy (non-hydrogen) atoms. The van der Waals surface area contributed by atoms with Crippen molar-refractivity contribution in [2.45, 2.75) is 19.5 Å². The van der Waals surface area contributed by atoms with Gasteiger partial charge >= 0.3 is 5.97 Å². The van der Waals surface area contributed by atoms with Crippen molar-refractivity contribution < 1.29 is 9.90 Å². The van der Waals surface area contributed by atoms with E-state index in [2.05, 4.69) is 20.4 Å². The highest BCUT2D eigenvalue weighted by molar-refractivity contribution is 7.14. The number of aromatic carboxylic acids is 1. The largest absolute Gasteiger partial charge is 0.477 e. The average molecular weight is 313 g/mol. The van der Waals surface area contributed by atoms with Crippen LogP contribution in [0, 0.1) is 0 Å². The van der Waals surface area contributed by atoms with Crippen LogP contribution >= 0.6 is 11.3 Å². The number of hydrogen-bond donors (Lipinski definition) is 1. The van der Waals surface area contributed by atoms with Crippen molar-refractivity contribution in [3.8, 4) is 0 Å². The van der Waals surface area contributed by atoms with Gasteiger partial charge in [-0.25, -0.2) is 9.78 Å². The molecular weight excluding hydrogens is 298 g/mol. The Kier molecular flexibility index (Phi) is 3.20. The highest BCUT2D eigenvalue weighted by Gasteiger charge is 2.21. The van der Waals surface area contributed by atoms with Gasteiger partial charge in [-0.05, 0) is 30.2 Å². The molecule has 112 valence electrons. The number of fused-ring (bicyclic) bond motifs is 2. The molecule has 0 radical (unpaired) electrons. The van der Waals surface area contributed by atoms with E-state index in [9.17, 15) is 4.79 Å². The summed E-state index contributed by atoms with van der Waals surface area (Å²) < 4.78 is 2.10. The lowest BCUT2D eigenvalue weighted by Crippen LogP contribution is -2.29. The maximum Gasteiger partial charge on any atom is 0.345 e. The van der Waals surface area contributed by atoms with Crippen LogP contribution in [0.25, 0.3) is 5.65 Å². The Bertz CT molecular complexity index is 852. The highest BCUT2D eigenvalue weighted by atomic mass is 32.1. The lowest BCUT2D eigenvalue weighted by molar-refractivity contribution is 0.0702. The van der Waals surface area contributed by atoms with Crippen LogP contribution in [0.3, 0.4) is 0 Å². The summed E-state index contributed by atoms with van der Waals surface area (Å²) in [6.45, 7) is 2.61. The summed E-state index contributed by atoms with van der Waals surface area (Å²) >= 11 is 1.40. The van der Waals surface area contributed by atoms with Gasteiger partial charge in [0.25, 0.3) is 0 Å². The van der Waals surface area contributed by atoms with Crippen molar-refractivity contribution in [1.82, 2.24) is 14.3 Å². The van der Waals surface area contributed by atoms with Crippen LogP contribution in [-0.4, -0.2) is 31.9 Å². The lowest BCUT2D eigenvalue weighted by atomic mass is 10.1. The zero-order chi connectivity index (χ0) is 15.1. The number of imidazole rings is 1. The third-order valence-electron chi connectivity index (χ3n) is 4.07. The van der Waals surface area contributed by atoms with Gasteiger partial charge in [0.05, 0.1) is 0 Å². The van der Waals surface area contributed by atoms with Crippen molar-refractivity contribution in [2.75, 3.05) is 6.54 Å². The zero-order valence-electron chi connectivity index (χ0n) is 11.9. The summed E-state index contributed by atoms with van der Waals surface area (Å²) in [5.41, 5.74) is 3.35. The molecule has 5 nitrogen and oxygen atoms in total. The zero-order valence-corrected chi connectivity index (χ0v) is 12.7. The normalized spacial score (nSPS) is 15.1. The molecule has 0 spiro atoms. The van der Waals surface area contributed by atoms with Gasteiger partial charge in [-0.1, -0.05) is 6.07 Å². The molecule has 0 saturated carbocycles. The van der Waals surface area contributed by atoms with E-state index in [1.807, 2.05) is 30.6 Å². The molecule has 4 rings (SSSR count). The Morgan fingerprint density at radius 3 is 3.18 bits per heavy atom. The van der Waals surface area contributed by atoms with Gasteiger partial charge in [-0.15, -0.1) is 11.3 Å². The molecule has 1 aliphatic rings. The van der Waals surface area contributed by atoms with E-state index in [0.717, 1.165) is 31.7 Å². The first kappa shape index (κ1) is 13.5. The lowest BCUT2D eigenvalue weighted by Gasteiger charge is -2.26. The first-order valence-electron chi connectivity index (χ1n) is 7.19. The van der Waals surface area contributed by atoms with E-state index in [1.54, 1.807) is 0 Å². The van der Waals surface area contributed by atoms with Crippen LogP contribution in [-0.2, 0) is 19.5 Å². The van der Waals surface area contributed by atoms with Gasteiger partial charge in [-0.2, -0.15) is 0 Å². The summed E-state index contributed by atoms with van der Waals surface area (Å²) in [7, 11) is 0. The number of carbonyl (C=O) groups is 1. The molecule has 0 amide bonds. The van der Waals surface area contributed by atoms with Gasteiger partial charge < -0.3 is 9.51 Å². The number of pyridine rings is 1. The second kappa shape index (κ2) is 5.23. The van der Waals surface area contributed by atoms with E-state index >= 15 is 0 Å². The van der Waals surface area contributed by atoms with Crippen LogP contribution in [0.4, 0.5) is 0 Å². The molecule has 0 aliphatic carbocycles. The molecule has 3 aromatic heterocycles. The molecule has 0 fully saturated rings. The van der Waals surface area contributed by atoms with E-state index in [-0.39, 0.29) is 0 Å². The number of carboxylic acids is 1. The van der Waals surface area contributed by atoms with Crippen LogP contribution < -0.4 is 0 Å². The smallest absolute Gasteiger partial charge is 0.345 e. The highest BCUT2D eigenvalue weighted by Crippen LogP contribution is 2.29. The van der Waals surface area contributed by atoms with E-state index < -0.39 is 5.97 Å². The molecule has 0 aromatic carbocycles. The summed E-state index contributed by atoms with van der Waals surface area (Å²) in [5, 5.41) is 9.12. The number of thiophene rings is 1. The Hall–Kier alpha value is -2.18. The van der Waals surface area contributed by atoms with Crippen molar-refractivity contribution >= 4 is 23.0 Å². The van der Waals surface area contributed by atoms with Gasteiger partial charge in [0, 0.05) is 42.6 Å². The summed E-state index contributed by atoms with van der Waals surface area (Å²) in [6, 6.07) is 7.97. The molecule has 0 atom stereocenters. The Balaban J connectivity index is 1.57. The van der Waals surface area contributed by atoms with Gasteiger partial charge in [0.1, 0.15) is 10.5 Å². The molecule has 1 aliphatic heterocycles. The Labute approximate surface area is 131 Å². The van der Waals surface area contributed by atoms with E-state index in [4.69, 9.17) is 5.11 Å². The Morgan fingerprint density at radius 1 is 1.41 bits per heavy atom. The second-order valence-electron chi connectivity index (χ2n) is 5.50. The molecular formula is C16H15N3O2S. The van der Waals surface area contributed by atoms with Crippen molar-refractivity contribution in [2.24, 2.45) is 0 Å². The van der Waals surface area contributed by atoms with Gasteiger partial charge in [0.2, 0.25) is 0 Å². The van der Waals surface area contributed by atoms with E-state index in [0.29, 0.717) is 4.88 Å². The predicted molar refractivity (Wildman–Crippen MR) is 84.3 cm³/mol. The molecule has 0 saturated heterocycles. The SMILES string of the molecule is O=C(O)c1cc2c(s1)CN(Cc1cccc3nccn13)CC2. The van der Waals surface area contributed by atoms with Gasteiger partial charge in [-0.3, -0.25) is 4.90 Å². The predicted octanol–water partition coefficient (Wildman–Crippen LogP) is 2.65. The van der Waals surface area contributed by atoms with Crippen molar-refractivity contribution in [3.63, 3.8) is 0 Å². The monoisotopic (exact) mass is 313 g/mol. The van der Waals surface area contributed by atoms with Crippen LogP contribution in [0.5, 0.6) is 0 Å². The molecule has 0 unspecified atom stereocenters. The Morgan fingerprint density at radius 2 is 2.32 bits per heavy atom.